The van der Waals surface area contributed by atoms with Gasteiger partial charge < -0.3 is 15.7 Å². The molecule has 0 aromatic rings. The number of aliphatic carboxylic acids is 1. The summed E-state index contributed by atoms with van der Waals surface area (Å²) in [6.07, 6.45) is 3.90. The van der Waals surface area contributed by atoms with Gasteiger partial charge in [0, 0.05) is 13.0 Å². The molecule has 1 fully saturated rings. The summed E-state index contributed by atoms with van der Waals surface area (Å²) in [5.41, 5.74) is 0. The predicted octanol–water partition coefficient (Wildman–Crippen LogP) is 0.746. The summed E-state index contributed by atoms with van der Waals surface area (Å²) in [4.78, 5) is 22.1. The number of carboxylic acids is 1. The number of carbonyl (C=O) groups excluding carboxylic acids is 1. The maximum atomic E-state index is 11.8. The highest BCUT2D eigenvalue weighted by atomic mass is 16.4. The van der Waals surface area contributed by atoms with Crippen molar-refractivity contribution in [1.82, 2.24) is 10.6 Å². The van der Waals surface area contributed by atoms with E-state index in [0.29, 0.717) is 13.0 Å². The fourth-order valence-electron chi connectivity index (χ4n) is 1.95. The van der Waals surface area contributed by atoms with E-state index in [1.165, 1.54) is 0 Å². The predicted molar refractivity (Wildman–Crippen MR) is 64.7 cm³/mol. The molecular weight excluding hydrogens is 220 g/mol. The van der Waals surface area contributed by atoms with Gasteiger partial charge in [0.05, 0.1) is 6.04 Å². The average molecular weight is 242 g/mol. The molecule has 1 saturated heterocycles. The molecule has 1 heterocycles. The average Bonchev–Trinajstić information content (AvgIpc) is 2.34. The molecule has 0 spiro atoms. The molecule has 0 aromatic heterocycles. The van der Waals surface area contributed by atoms with Crippen molar-refractivity contribution in [1.29, 1.82) is 0 Å². The maximum absolute atomic E-state index is 11.8. The third kappa shape index (κ3) is 5.68. The van der Waals surface area contributed by atoms with Gasteiger partial charge in [0.2, 0.25) is 5.91 Å². The molecule has 2 atom stereocenters. The van der Waals surface area contributed by atoms with Crippen LogP contribution in [0, 0.1) is 5.92 Å². The quantitative estimate of drug-likeness (QED) is 0.642. The first-order valence-corrected chi connectivity index (χ1v) is 6.32. The second-order valence-corrected chi connectivity index (χ2v) is 4.79. The van der Waals surface area contributed by atoms with Gasteiger partial charge in [-0.1, -0.05) is 13.3 Å². The Kier molecular flexibility index (Phi) is 5.97. The van der Waals surface area contributed by atoms with E-state index in [0.717, 1.165) is 25.8 Å². The van der Waals surface area contributed by atoms with Crippen molar-refractivity contribution >= 4 is 11.9 Å². The zero-order valence-corrected chi connectivity index (χ0v) is 10.4. The highest BCUT2D eigenvalue weighted by Crippen LogP contribution is 2.08. The Labute approximate surface area is 102 Å². The topological polar surface area (TPSA) is 78.4 Å². The van der Waals surface area contributed by atoms with Gasteiger partial charge in [-0.25, -0.2) is 0 Å². The van der Waals surface area contributed by atoms with E-state index in [1.54, 1.807) is 0 Å². The number of hydrogen-bond acceptors (Lipinski definition) is 3. The summed E-state index contributed by atoms with van der Waals surface area (Å²) >= 11 is 0. The van der Waals surface area contributed by atoms with Crippen molar-refractivity contribution in [3.63, 3.8) is 0 Å². The standard InChI is InChI=1S/C12H22N2O3/c1-9(5-6-11(15)16)8-14-12(17)10-4-2-3-7-13-10/h9-10,13H,2-8H2,1H3,(H,14,17)(H,15,16)/t9?,10-/m1/s1. The number of carbonyl (C=O) groups is 2. The lowest BCUT2D eigenvalue weighted by Crippen LogP contribution is -2.47. The highest BCUT2D eigenvalue weighted by molar-refractivity contribution is 5.81. The molecule has 5 heteroatoms. The van der Waals surface area contributed by atoms with E-state index >= 15 is 0 Å². The molecule has 0 aromatic carbocycles. The molecule has 1 rings (SSSR count). The molecule has 0 bridgehead atoms. The molecule has 98 valence electrons. The second-order valence-electron chi connectivity index (χ2n) is 4.79. The summed E-state index contributed by atoms with van der Waals surface area (Å²) < 4.78 is 0. The minimum Gasteiger partial charge on any atom is -0.481 e. The SMILES string of the molecule is CC(CCC(=O)O)CNC(=O)[C@H]1CCCCN1. The Morgan fingerprint density at radius 2 is 2.24 bits per heavy atom. The normalized spacial score (nSPS) is 21.8. The molecule has 1 amide bonds. The monoisotopic (exact) mass is 242 g/mol. The molecule has 0 aliphatic carbocycles. The Bertz CT molecular complexity index is 262. The molecule has 0 saturated carbocycles. The minimum absolute atomic E-state index is 0.0480. The van der Waals surface area contributed by atoms with Crippen LogP contribution in [-0.2, 0) is 9.59 Å². The van der Waals surface area contributed by atoms with Gasteiger partial charge >= 0.3 is 5.97 Å². The number of piperidine rings is 1. The first-order valence-electron chi connectivity index (χ1n) is 6.32. The van der Waals surface area contributed by atoms with Crippen LogP contribution < -0.4 is 10.6 Å². The van der Waals surface area contributed by atoms with E-state index in [2.05, 4.69) is 10.6 Å². The van der Waals surface area contributed by atoms with E-state index < -0.39 is 5.97 Å². The van der Waals surface area contributed by atoms with Crippen LogP contribution in [-0.4, -0.2) is 36.1 Å². The van der Waals surface area contributed by atoms with Crippen molar-refractivity contribution in [3.8, 4) is 0 Å². The summed E-state index contributed by atoms with van der Waals surface area (Å²) in [7, 11) is 0. The lowest BCUT2D eigenvalue weighted by atomic mass is 10.0. The molecule has 3 N–H and O–H groups in total. The third-order valence-electron chi connectivity index (χ3n) is 3.10. The molecule has 5 nitrogen and oxygen atoms in total. The fraction of sp³-hybridized carbons (Fsp3) is 0.833. The lowest BCUT2D eigenvalue weighted by Gasteiger charge is -2.23. The van der Waals surface area contributed by atoms with Crippen LogP contribution in [0.15, 0.2) is 0 Å². The lowest BCUT2D eigenvalue weighted by molar-refractivity contribution is -0.137. The van der Waals surface area contributed by atoms with Crippen LogP contribution in [0.3, 0.4) is 0 Å². The number of nitrogens with one attached hydrogen (secondary N) is 2. The first-order chi connectivity index (χ1) is 8.09. The van der Waals surface area contributed by atoms with Crippen LogP contribution in [0.25, 0.3) is 0 Å². The molecule has 1 unspecified atom stereocenters. The molecule has 1 aliphatic heterocycles. The Morgan fingerprint density at radius 1 is 1.47 bits per heavy atom. The zero-order valence-electron chi connectivity index (χ0n) is 10.4. The van der Waals surface area contributed by atoms with Crippen LogP contribution in [0.4, 0.5) is 0 Å². The van der Waals surface area contributed by atoms with Crippen LogP contribution >= 0.6 is 0 Å². The summed E-state index contributed by atoms with van der Waals surface area (Å²) in [5.74, 6) is -0.525. The van der Waals surface area contributed by atoms with Gasteiger partial charge in [-0.2, -0.15) is 0 Å². The first kappa shape index (κ1) is 14.0. The minimum atomic E-state index is -0.780. The van der Waals surface area contributed by atoms with E-state index in [9.17, 15) is 9.59 Å². The van der Waals surface area contributed by atoms with Crippen molar-refractivity contribution in [2.75, 3.05) is 13.1 Å². The third-order valence-corrected chi connectivity index (χ3v) is 3.10. The van der Waals surface area contributed by atoms with E-state index in [-0.39, 0.29) is 24.3 Å². The summed E-state index contributed by atoms with van der Waals surface area (Å²) in [6.45, 7) is 3.43. The summed E-state index contributed by atoms with van der Waals surface area (Å²) in [6, 6.07) is -0.0598. The second kappa shape index (κ2) is 7.27. The van der Waals surface area contributed by atoms with Gasteiger partial charge in [0.1, 0.15) is 0 Å². The maximum Gasteiger partial charge on any atom is 0.303 e. The van der Waals surface area contributed by atoms with Crippen LogP contribution in [0.1, 0.15) is 39.0 Å². The smallest absolute Gasteiger partial charge is 0.303 e. The van der Waals surface area contributed by atoms with Crippen molar-refractivity contribution in [3.05, 3.63) is 0 Å². The van der Waals surface area contributed by atoms with Gasteiger partial charge in [-0.05, 0) is 31.7 Å². The number of amides is 1. The molecule has 0 radical (unpaired) electrons. The molecular formula is C12H22N2O3. The van der Waals surface area contributed by atoms with Crippen molar-refractivity contribution in [2.45, 2.75) is 45.1 Å². The number of carboxylic acid groups (broad SMARTS) is 1. The highest BCUT2D eigenvalue weighted by Gasteiger charge is 2.20. The van der Waals surface area contributed by atoms with E-state index in [4.69, 9.17) is 5.11 Å². The summed E-state index contributed by atoms with van der Waals surface area (Å²) in [5, 5.41) is 14.6. The largest absolute Gasteiger partial charge is 0.481 e. The van der Waals surface area contributed by atoms with Gasteiger partial charge in [-0.15, -0.1) is 0 Å². The Balaban J connectivity index is 2.15. The van der Waals surface area contributed by atoms with Gasteiger partial charge in [-0.3, -0.25) is 9.59 Å². The zero-order chi connectivity index (χ0) is 12.7. The molecule has 17 heavy (non-hydrogen) atoms. The van der Waals surface area contributed by atoms with Crippen molar-refractivity contribution in [2.24, 2.45) is 5.92 Å². The Morgan fingerprint density at radius 3 is 2.82 bits per heavy atom. The van der Waals surface area contributed by atoms with Gasteiger partial charge in [0.25, 0.3) is 0 Å². The van der Waals surface area contributed by atoms with Gasteiger partial charge in [0.15, 0.2) is 0 Å². The van der Waals surface area contributed by atoms with E-state index in [1.807, 2.05) is 6.92 Å². The number of rotatable bonds is 6. The van der Waals surface area contributed by atoms with Crippen molar-refractivity contribution < 1.29 is 14.7 Å². The Hall–Kier alpha value is -1.10. The number of hydrogen-bond donors (Lipinski definition) is 3. The van der Waals surface area contributed by atoms with Crippen LogP contribution in [0.2, 0.25) is 0 Å². The molecule has 1 aliphatic rings. The van der Waals surface area contributed by atoms with Crippen LogP contribution in [0.5, 0.6) is 0 Å². The fourth-order valence-corrected chi connectivity index (χ4v) is 1.95.